The Balaban J connectivity index is 2.27. The van der Waals surface area contributed by atoms with E-state index in [1.54, 1.807) is 54.6 Å². The van der Waals surface area contributed by atoms with E-state index in [0.29, 0.717) is 5.30 Å². The van der Waals surface area contributed by atoms with Crippen molar-refractivity contribution in [2.75, 3.05) is 0 Å². The van der Waals surface area contributed by atoms with Crippen molar-refractivity contribution in [2.45, 2.75) is 0 Å². The van der Waals surface area contributed by atoms with Crippen molar-refractivity contribution >= 4 is 23.5 Å². The average molecular weight is 256 g/mol. The van der Waals surface area contributed by atoms with Crippen molar-refractivity contribution in [1.82, 2.24) is 0 Å². The summed E-state index contributed by atoms with van der Waals surface area (Å²) in [4.78, 5) is 24.5. The molecule has 0 bridgehead atoms. The Morgan fingerprint density at radius 2 is 1.11 bits per heavy atom. The number of benzene rings is 2. The quantitative estimate of drug-likeness (QED) is 0.737. The lowest BCUT2D eigenvalue weighted by atomic mass is 10.1. The molecule has 88 valence electrons. The van der Waals surface area contributed by atoms with Gasteiger partial charge in [0.15, 0.2) is 0 Å². The van der Waals surface area contributed by atoms with Crippen molar-refractivity contribution in [1.29, 1.82) is 0 Å². The summed E-state index contributed by atoms with van der Waals surface area (Å²) in [5.41, 5.74) is -0.548. The van der Waals surface area contributed by atoms with Gasteiger partial charge in [0, 0.05) is 16.4 Å². The molecule has 0 fully saturated rings. The van der Waals surface area contributed by atoms with Crippen LogP contribution in [0.15, 0.2) is 54.6 Å². The Morgan fingerprint density at radius 3 is 1.61 bits per heavy atom. The van der Waals surface area contributed by atoms with Crippen molar-refractivity contribution in [3.05, 3.63) is 65.7 Å². The fourth-order valence-corrected chi connectivity index (χ4v) is 4.47. The first kappa shape index (κ1) is 11.1. The van der Waals surface area contributed by atoms with Crippen LogP contribution in [-0.2, 0) is 4.57 Å². The van der Waals surface area contributed by atoms with Gasteiger partial charge in [0.25, 0.3) is 0 Å². The molecule has 4 heteroatoms. The number of rotatable bonds is 1. The highest BCUT2D eigenvalue weighted by atomic mass is 31.2. The zero-order valence-corrected chi connectivity index (χ0v) is 10.3. The van der Waals surface area contributed by atoms with Crippen LogP contribution in [0, 0.1) is 0 Å². The van der Waals surface area contributed by atoms with Gasteiger partial charge in [0.05, 0.1) is 0 Å². The minimum absolute atomic E-state index is 0.273. The van der Waals surface area contributed by atoms with E-state index < -0.39 is 18.2 Å². The molecule has 2 aromatic carbocycles. The Bertz CT molecular complexity index is 665. The van der Waals surface area contributed by atoms with Crippen LogP contribution in [0.3, 0.4) is 0 Å². The van der Waals surface area contributed by atoms with Gasteiger partial charge in [-0.1, -0.05) is 54.6 Å². The second kappa shape index (κ2) is 3.76. The summed E-state index contributed by atoms with van der Waals surface area (Å²) in [6.07, 6.45) is 0. The van der Waals surface area contributed by atoms with Gasteiger partial charge >= 0.3 is 0 Å². The van der Waals surface area contributed by atoms with Gasteiger partial charge in [-0.15, -0.1) is 0 Å². The van der Waals surface area contributed by atoms with Gasteiger partial charge in [0.2, 0.25) is 18.2 Å². The van der Waals surface area contributed by atoms with Gasteiger partial charge in [-0.2, -0.15) is 0 Å². The SMILES string of the molecule is O=C1c2ccccc2C(=O)P1(=O)c1ccccc1. The van der Waals surface area contributed by atoms with Crippen LogP contribution in [0.1, 0.15) is 20.7 Å². The molecule has 0 spiro atoms. The molecular formula is C14H9O3P. The maximum atomic E-state index is 12.8. The number of hydrogen-bond acceptors (Lipinski definition) is 3. The zero-order chi connectivity index (χ0) is 12.8. The number of hydrogen-bond donors (Lipinski definition) is 0. The molecular weight excluding hydrogens is 247 g/mol. The largest absolute Gasteiger partial charge is 0.302 e. The minimum Gasteiger partial charge on any atom is -0.302 e. The van der Waals surface area contributed by atoms with Gasteiger partial charge in [0.1, 0.15) is 0 Å². The molecule has 0 amide bonds. The summed E-state index contributed by atoms with van der Waals surface area (Å²) in [5.74, 6) is 0. The first-order valence-corrected chi connectivity index (χ1v) is 7.21. The van der Waals surface area contributed by atoms with Gasteiger partial charge < -0.3 is 4.57 Å². The lowest BCUT2D eigenvalue weighted by Gasteiger charge is -2.07. The highest BCUT2D eigenvalue weighted by Gasteiger charge is 2.49. The molecule has 0 aromatic heterocycles. The molecule has 2 aromatic rings. The molecule has 0 aliphatic carbocycles. The van der Waals surface area contributed by atoms with E-state index in [2.05, 4.69) is 0 Å². The number of carbonyl (C=O) groups excluding carboxylic acids is 2. The van der Waals surface area contributed by atoms with Crippen LogP contribution in [0.5, 0.6) is 0 Å². The Hall–Kier alpha value is -1.99. The van der Waals surface area contributed by atoms with Crippen LogP contribution in [0.4, 0.5) is 0 Å². The molecule has 0 saturated carbocycles. The predicted octanol–water partition coefficient (Wildman–Crippen LogP) is 2.67. The van der Waals surface area contributed by atoms with Crippen LogP contribution in [-0.4, -0.2) is 11.0 Å². The van der Waals surface area contributed by atoms with E-state index in [0.717, 1.165) is 0 Å². The van der Waals surface area contributed by atoms with E-state index in [4.69, 9.17) is 0 Å². The predicted molar refractivity (Wildman–Crippen MR) is 68.8 cm³/mol. The third kappa shape index (κ3) is 1.28. The normalized spacial score (nSPS) is 16.7. The lowest BCUT2D eigenvalue weighted by Crippen LogP contribution is -2.12. The summed E-state index contributed by atoms with van der Waals surface area (Å²) in [7, 11) is -3.66. The standard InChI is InChI=1S/C14H9O3P/c15-13-11-8-4-5-9-12(11)14(16)18(13,17)10-6-2-1-3-7-10/h1-9H. The second-order valence-electron chi connectivity index (χ2n) is 4.10. The molecule has 1 aliphatic heterocycles. The molecule has 0 N–H and O–H groups in total. The fraction of sp³-hybridized carbons (Fsp3) is 0. The molecule has 18 heavy (non-hydrogen) atoms. The molecule has 0 unspecified atom stereocenters. The molecule has 1 aliphatic rings. The molecule has 1 heterocycles. The Labute approximate surface area is 104 Å². The smallest absolute Gasteiger partial charge is 0.248 e. The molecule has 3 nitrogen and oxygen atoms in total. The Morgan fingerprint density at radius 1 is 0.667 bits per heavy atom. The van der Waals surface area contributed by atoms with E-state index in [9.17, 15) is 14.2 Å². The van der Waals surface area contributed by atoms with Crippen molar-refractivity contribution in [3.63, 3.8) is 0 Å². The maximum Gasteiger partial charge on any atom is 0.248 e. The van der Waals surface area contributed by atoms with Crippen molar-refractivity contribution in [3.8, 4) is 0 Å². The topological polar surface area (TPSA) is 51.2 Å². The van der Waals surface area contributed by atoms with Crippen molar-refractivity contribution in [2.24, 2.45) is 0 Å². The Kier molecular flexibility index (Phi) is 2.32. The summed E-state index contributed by atoms with van der Waals surface area (Å²) in [5, 5.41) is 0.316. The first-order valence-electron chi connectivity index (χ1n) is 5.50. The summed E-state index contributed by atoms with van der Waals surface area (Å²) < 4.78 is 12.8. The fourth-order valence-electron chi connectivity index (χ4n) is 2.16. The summed E-state index contributed by atoms with van der Waals surface area (Å²) in [6.45, 7) is 0. The summed E-state index contributed by atoms with van der Waals surface area (Å²) >= 11 is 0. The molecule has 0 radical (unpaired) electrons. The second-order valence-corrected chi connectivity index (χ2v) is 6.65. The molecule has 3 rings (SSSR count). The van der Waals surface area contributed by atoms with Crippen LogP contribution < -0.4 is 5.30 Å². The van der Waals surface area contributed by atoms with Gasteiger partial charge in [-0.3, -0.25) is 9.59 Å². The highest BCUT2D eigenvalue weighted by Crippen LogP contribution is 2.56. The lowest BCUT2D eigenvalue weighted by molar-refractivity contribution is 0.106. The number of fused-ring (bicyclic) bond motifs is 1. The van der Waals surface area contributed by atoms with Crippen molar-refractivity contribution < 1.29 is 14.2 Å². The minimum atomic E-state index is -3.66. The average Bonchev–Trinajstić information content (AvgIpc) is 2.64. The third-order valence-corrected chi connectivity index (χ3v) is 5.73. The monoisotopic (exact) mass is 256 g/mol. The molecule has 0 saturated heterocycles. The van der Waals surface area contributed by atoms with Crippen LogP contribution in [0.25, 0.3) is 0 Å². The van der Waals surface area contributed by atoms with Crippen LogP contribution >= 0.6 is 7.14 Å². The highest BCUT2D eigenvalue weighted by molar-refractivity contribution is 8.01. The van der Waals surface area contributed by atoms with Gasteiger partial charge in [-0.25, -0.2) is 0 Å². The van der Waals surface area contributed by atoms with E-state index in [1.165, 1.54) is 0 Å². The summed E-state index contributed by atoms with van der Waals surface area (Å²) in [6, 6.07) is 14.7. The van der Waals surface area contributed by atoms with E-state index in [-0.39, 0.29) is 11.1 Å². The zero-order valence-electron chi connectivity index (χ0n) is 9.37. The third-order valence-electron chi connectivity index (χ3n) is 3.08. The van der Waals surface area contributed by atoms with E-state index >= 15 is 0 Å². The molecule has 0 atom stereocenters. The van der Waals surface area contributed by atoms with E-state index in [1.807, 2.05) is 0 Å². The number of carbonyl (C=O) groups is 2. The van der Waals surface area contributed by atoms with Crippen LogP contribution in [0.2, 0.25) is 0 Å². The maximum absolute atomic E-state index is 12.8. The van der Waals surface area contributed by atoms with Gasteiger partial charge in [-0.05, 0) is 0 Å². The first-order chi connectivity index (χ1) is 8.65.